The number of rotatable bonds is 25. The van der Waals surface area contributed by atoms with E-state index >= 15 is 0 Å². The fourth-order valence-electron chi connectivity index (χ4n) is 12.1. The monoisotopic (exact) mass is 1400 g/mol. The highest BCUT2D eigenvalue weighted by molar-refractivity contribution is 7.94. The van der Waals surface area contributed by atoms with Crippen molar-refractivity contribution in [3.8, 4) is 71.6 Å². The van der Waals surface area contributed by atoms with Crippen molar-refractivity contribution >= 4 is 79.7 Å². The first kappa shape index (κ1) is 69.0. The number of thiophene rings is 2. The lowest BCUT2D eigenvalue weighted by Gasteiger charge is -2.06. The minimum Gasteiger partial charge on any atom is -0.494 e. The van der Waals surface area contributed by atoms with Crippen molar-refractivity contribution in [2.75, 3.05) is 14.2 Å². The van der Waals surface area contributed by atoms with Crippen LogP contribution in [0, 0.1) is 6.92 Å². The first-order valence-corrected chi connectivity index (χ1v) is 36.2. The Kier molecular flexibility index (Phi) is 21.8. The molecule has 0 unspecified atom stereocenters. The molecule has 504 valence electrons. The summed E-state index contributed by atoms with van der Waals surface area (Å²) in [5.41, 5.74) is 12.8. The van der Waals surface area contributed by atoms with Gasteiger partial charge in [-0.05, 0) is 102 Å². The van der Waals surface area contributed by atoms with Crippen LogP contribution >= 0.6 is 34.7 Å². The molecule has 0 spiro atoms. The second-order valence-electron chi connectivity index (χ2n) is 23.7. The number of amides is 3. The molecule has 11 aromatic rings. The minimum atomic E-state index is -3.85. The molecular formula is C77H70N6O12S4. The quantitative estimate of drug-likeness (QED) is 0.0102. The van der Waals surface area contributed by atoms with Crippen molar-refractivity contribution < 1.29 is 56.6 Å². The number of carbonyl (C=O) groups excluding carboxylic acids is 3. The zero-order chi connectivity index (χ0) is 69.2. The lowest BCUT2D eigenvalue weighted by molar-refractivity contribution is -0.447. The Hall–Kier alpha value is -9.88. The van der Waals surface area contributed by atoms with Gasteiger partial charge in [-0.2, -0.15) is 8.42 Å². The normalized spacial score (nSPS) is 12.9. The molecule has 0 radical (unpaired) electrons. The number of unbranched alkanes of at least 4 members (excludes halogenated alkanes) is 9. The zero-order valence-corrected chi connectivity index (χ0v) is 57.9. The van der Waals surface area contributed by atoms with Gasteiger partial charge in [-0.1, -0.05) is 203 Å². The van der Waals surface area contributed by atoms with Gasteiger partial charge in [-0.25, -0.2) is 19.9 Å². The summed E-state index contributed by atoms with van der Waals surface area (Å²) in [6.07, 6.45) is 14.3. The summed E-state index contributed by atoms with van der Waals surface area (Å²) in [6, 6.07) is 57.0. The average molecular weight is 1400 g/mol. The van der Waals surface area contributed by atoms with Crippen LogP contribution in [0.4, 0.5) is 0 Å². The summed E-state index contributed by atoms with van der Waals surface area (Å²) < 4.78 is 32.9. The van der Waals surface area contributed by atoms with Gasteiger partial charge >= 0.3 is 0 Å². The van der Waals surface area contributed by atoms with Crippen LogP contribution in [-0.2, 0) is 35.0 Å². The van der Waals surface area contributed by atoms with Gasteiger partial charge in [-0.3, -0.25) is 18.6 Å². The number of aliphatic imine (C=N–C) groups is 3. The Morgan fingerprint density at radius 1 is 0.444 bits per heavy atom. The summed E-state index contributed by atoms with van der Waals surface area (Å²) in [7, 11) is -1.47. The third-order valence-electron chi connectivity index (χ3n) is 17.1. The number of hydrogen-bond acceptors (Lipinski definition) is 15. The van der Waals surface area contributed by atoms with Crippen molar-refractivity contribution in [1.29, 1.82) is 0 Å². The van der Waals surface area contributed by atoms with Crippen molar-refractivity contribution in [1.82, 2.24) is 15.0 Å². The number of aromatic amines is 3. The predicted molar refractivity (Wildman–Crippen MR) is 389 cm³/mol. The molecule has 0 bridgehead atoms. The fraction of sp³-hybridized carbons (Fsp3) is 0.195. The van der Waals surface area contributed by atoms with E-state index in [1.807, 2.05) is 104 Å². The van der Waals surface area contributed by atoms with Crippen molar-refractivity contribution in [2.45, 2.75) is 94.3 Å². The molecule has 0 fully saturated rings. The molecule has 22 heteroatoms. The van der Waals surface area contributed by atoms with Gasteiger partial charge in [0, 0.05) is 25.8 Å². The van der Waals surface area contributed by atoms with Gasteiger partial charge < -0.3 is 30.3 Å². The Morgan fingerprint density at radius 2 is 0.889 bits per heavy atom. The van der Waals surface area contributed by atoms with Crippen LogP contribution in [0.5, 0.6) is 17.6 Å². The Bertz CT molecular complexity index is 4950. The standard InChI is InChI=1S/C31H38N2O2.C26H16N2O2S2.C20H16N2O8S2/c1-3-4-5-6-7-8-9-10-11-12-14-23-15-13-16-25(21-23)29-27-26(30(34)33-29)28(32-31(27)35)24-19-17-22(2)18-20-24;29-25-21-22(24(28-25)20-14-12-18(32-20)16-9-5-2-6-10-16)26(30)27-23(21)19-13-11-17(31-19)15-7-3-1-4-8-15;1-27-29-30-31-13-7-3-11(4-8-13)17-15-16(20(24)21-17)18(22-19(15)23)12-5-9-14(10-6-12)32(25,26)28-2/h13,15-21,33-34H,3-12,14H2,1-2H3;1-14,27,30H;3-10,21,24H,1-2H3. The van der Waals surface area contributed by atoms with Crippen LogP contribution < -0.4 is 0 Å². The molecule has 6 aromatic carbocycles. The molecule has 0 atom stereocenters. The zero-order valence-electron chi connectivity index (χ0n) is 54.6. The maximum atomic E-state index is 12.9. The summed E-state index contributed by atoms with van der Waals surface area (Å²) in [5.74, 6) is -1.40. The van der Waals surface area contributed by atoms with Crippen LogP contribution in [0.3, 0.4) is 0 Å². The largest absolute Gasteiger partial charge is 0.494 e. The first-order valence-electron chi connectivity index (χ1n) is 32.4. The highest BCUT2D eigenvalue weighted by Crippen LogP contribution is 2.45. The maximum Gasteiger partial charge on any atom is 0.296 e. The van der Waals surface area contributed by atoms with Crippen LogP contribution in [-0.4, -0.2) is 87.8 Å². The number of benzene rings is 6. The molecule has 18 nitrogen and oxygen atoms in total. The van der Waals surface area contributed by atoms with Crippen molar-refractivity contribution in [2.24, 2.45) is 15.0 Å². The number of carbonyl (C=O) groups is 3. The molecule has 14 rings (SSSR count). The molecule has 0 aliphatic carbocycles. The van der Waals surface area contributed by atoms with Gasteiger partial charge in [0.1, 0.15) is 0 Å². The van der Waals surface area contributed by atoms with E-state index < -0.39 is 16.0 Å². The molecule has 5 aromatic heterocycles. The highest BCUT2D eigenvalue weighted by Gasteiger charge is 2.37. The average Bonchev–Trinajstić information content (AvgIpc) is 1.60. The van der Waals surface area contributed by atoms with E-state index in [2.05, 4.69) is 87.4 Å². The number of nitrogens with zero attached hydrogens (tertiary/aromatic N) is 3. The van der Waals surface area contributed by atoms with E-state index in [1.165, 1.54) is 101 Å². The second-order valence-corrected chi connectivity index (χ2v) is 28.4. The molecule has 3 aliphatic rings. The first-order chi connectivity index (χ1) is 48.1. The van der Waals surface area contributed by atoms with E-state index in [1.54, 1.807) is 46.9 Å². The number of aromatic nitrogens is 3. The highest BCUT2D eigenvalue weighted by atomic mass is 32.2. The molecule has 99 heavy (non-hydrogen) atoms. The molecule has 6 N–H and O–H groups in total. The number of nitrogens with one attached hydrogen (secondary N) is 3. The van der Waals surface area contributed by atoms with Gasteiger partial charge in [0.2, 0.25) is 0 Å². The number of fused-ring (bicyclic) bond motifs is 3. The van der Waals surface area contributed by atoms with E-state index in [9.17, 15) is 38.1 Å². The van der Waals surface area contributed by atoms with Crippen LogP contribution in [0.2, 0.25) is 0 Å². The number of H-pyrrole nitrogens is 3. The lowest BCUT2D eigenvalue weighted by atomic mass is 9.98. The Morgan fingerprint density at radius 3 is 1.43 bits per heavy atom. The number of aryl methyl sites for hydroxylation is 2. The summed E-state index contributed by atoms with van der Waals surface area (Å²) in [5, 5.41) is 36.3. The Labute approximate surface area is 585 Å². The topological polar surface area (TPSA) is 267 Å². The Balaban J connectivity index is 0.000000141. The van der Waals surface area contributed by atoms with E-state index in [0.717, 1.165) is 72.9 Å². The van der Waals surface area contributed by atoms with E-state index in [0.29, 0.717) is 66.8 Å². The van der Waals surface area contributed by atoms with Crippen molar-refractivity contribution in [3.63, 3.8) is 0 Å². The maximum absolute atomic E-state index is 12.9. The van der Waals surface area contributed by atoms with Crippen molar-refractivity contribution in [3.05, 3.63) is 243 Å². The van der Waals surface area contributed by atoms with E-state index in [-0.39, 0.29) is 51.2 Å². The molecule has 0 saturated carbocycles. The van der Waals surface area contributed by atoms with Crippen LogP contribution in [0.25, 0.3) is 54.0 Å². The summed E-state index contributed by atoms with van der Waals surface area (Å²) >= 11 is 4.07. The van der Waals surface area contributed by atoms with Gasteiger partial charge in [0.05, 0.1) is 109 Å². The van der Waals surface area contributed by atoms with E-state index in [4.69, 9.17) is 4.33 Å². The van der Waals surface area contributed by atoms with Crippen LogP contribution in [0.15, 0.2) is 207 Å². The minimum absolute atomic E-state index is 0.000252. The smallest absolute Gasteiger partial charge is 0.296 e. The summed E-state index contributed by atoms with van der Waals surface area (Å²) in [6.45, 7) is 4.28. The third-order valence-corrected chi connectivity index (χ3v) is 21.3. The van der Waals surface area contributed by atoms with Gasteiger partial charge in [0.15, 0.2) is 17.6 Å². The lowest BCUT2D eigenvalue weighted by Crippen LogP contribution is -2.04. The molecular weight excluding hydrogens is 1330 g/mol. The third kappa shape index (κ3) is 15.4. The molecule has 3 aliphatic heterocycles. The number of aromatic hydroxyl groups is 3. The summed E-state index contributed by atoms with van der Waals surface area (Å²) in [4.78, 5) is 69.0. The molecule has 3 amide bonds. The van der Waals surface area contributed by atoms with Gasteiger partial charge in [0.25, 0.3) is 27.8 Å². The van der Waals surface area contributed by atoms with Gasteiger partial charge in [-0.15, -0.1) is 27.0 Å². The SMILES string of the molecule is CCCCCCCCCCCCc1cccc(-c2[nH]c(O)c3c2C(=O)N=C3c2ccc(C)cc2)c1.COOOSc1ccc(-c2[nH]c(O)c3c2C(=O)N=C3c2ccc(S(=O)(=O)OC)cc2)cc1.O=C1N=C(c2ccc(-c3ccccc3)s2)c2c(O)[nH]c(-c3ccc(-c4ccccc4)s3)c21. The second kappa shape index (κ2) is 31.3. The fourth-order valence-corrected chi connectivity index (χ4v) is 15.2. The predicted octanol–water partition coefficient (Wildman–Crippen LogP) is 18.2. The molecule has 8 heterocycles. The van der Waals surface area contributed by atoms with Crippen LogP contribution in [0.1, 0.15) is 146 Å². The molecule has 0 saturated heterocycles. The number of hydrogen-bond donors (Lipinski definition) is 6.